The molecule has 2 aliphatic rings. The second-order valence-electron chi connectivity index (χ2n) is 7.87. The molecule has 6 rings (SSSR count). The third kappa shape index (κ3) is 4.23. The molecule has 3 N–H and O–H groups in total. The number of rotatable bonds is 2. The third-order valence-corrected chi connectivity index (χ3v) is 6.04. The molecule has 0 aliphatic carbocycles. The summed E-state index contributed by atoms with van der Waals surface area (Å²) >= 11 is 6.26. The molecule has 2 aromatic heterocycles. The number of nitrogens with zero attached hydrogens (tertiary/aromatic N) is 4. The van der Waals surface area contributed by atoms with Crippen molar-refractivity contribution in [1.82, 2.24) is 30.2 Å². The Balaban J connectivity index is 0.000000183. The van der Waals surface area contributed by atoms with E-state index in [1.54, 1.807) is 10.6 Å². The molecule has 2 aliphatic heterocycles. The number of halogens is 1. The van der Waals surface area contributed by atoms with Gasteiger partial charge in [-0.2, -0.15) is 0 Å². The lowest BCUT2D eigenvalue weighted by atomic mass is 10.1. The minimum atomic E-state index is -0.126. The number of carbonyl (C=O) groups excluding carboxylic acids is 1. The molecule has 1 atom stereocenters. The van der Waals surface area contributed by atoms with Crippen molar-refractivity contribution in [2.75, 3.05) is 18.5 Å². The van der Waals surface area contributed by atoms with Crippen LogP contribution in [0.25, 0.3) is 16.6 Å². The molecule has 0 spiro atoms. The zero-order valence-corrected chi connectivity index (χ0v) is 18.9. The van der Waals surface area contributed by atoms with Crippen LogP contribution in [0.5, 0.6) is 0 Å². The number of fused-ring (bicyclic) bond motifs is 2. The average Bonchev–Trinajstić information content (AvgIpc) is 3.40. The van der Waals surface area contributed by atoms with Gasteiger partial charge in [0.1, 0.15) is 23.5 Å². The zero-order valence-electron chi connectivity index (χ0n) is 18.2. The van der Waals surface area contributed by atoms with Crippen molar-refractivity contribution in [1.29, 1.82) is 0 Å². The highest BCUT2D eigenvalue weighted by Gasteiger charge is 2.24. The van der Waals surface area contributed by atoms with Crippen molar-refractivity contribution in [3.63, 3.8) is 0 Å². The van der Waals surface area contributed by atoms with Gasteiger partial charge in [0.15, 0.2) is 0 Å². The van der Waals surface area contributed by atoms with Crippen molar-refractivity contribution in [2.45, 2.75) is 18.9 Å². The Labute approximate surface area is 200 Å². The van der Waals surface area contributed by atoms with Gasteiger partial charge in [-0.25, -0.2) is 15.0 Å². The van der Waals surface area contributed by atoms with Crippen molar-refractivity contribution in [3.05, 3.63) is 87.8 Å². The summed E-state index contributed by atoms with van der Waals surface area (Å²) in [6, 6.07) is 15.1. The Morgan fingerprint density at radius 2 is 1.88 bits per heavy atom. The fourth-order valence-electron chi connectivity index (χ4n) is 4.11. The maximum Gasteiger partial charge on any atom is 0.267 e. The molecule has 0 saturated carbocycles. The monoisotopic (exact) mass is 475 g/mol. The zero-order chi connectivity index (χ0) is 23.5. The van der Waals surface area contributed by atoms with Crippen LogP contribution in [0.3, 0.4) is 0 Å². The van der Waals surface area contributed by atoms with Crippen LogP contribution in [0.1, 0.15) is 35.1 Å². The number of amides is 1. The number of hydrogen-bond donors (Lipinski definition) is 3. The topological polar surface area (TPSA) is 114 Å². The fourth-order valence-corrected chi connectivity index (χ4v) is 4.36. The number of anilines is 1. The summed E-state index contributed by atoms with van der Waals surface area (Å²) in [5, 5.41) is 9.86. The lowest BCUT2D eigenvalue weighted by molar-refractivity contribution is 0.0952. The standard InChI is InChI=1S/C18H16ClN3O.C6H6N4O/c19-13-8-4-9-14-16(13)18(23)22(12-6-2-1-3-7-12)17(21-14)15-10-5-11-20-15;11-6-4-1-7-2-8-5(4)9-3-10-6/h1-4,6-9,15,20H,5,10-11H2;1-2H,3H2,(H,10,11)(H,7,8,9). The summed E-state index contributed by atoms with van der Waals surface area (Å²) in [4.78, 5) is 36.6. The second-order valence-corrected chi connectivity index (χ2v) is 8.28. The normalized spacial score (nSPS) is 16.7. The smallest absolute Gasteiger partial charge is 0.267 e. The maximum absolute atomic E-state index is 13.1. The molecule has 1 amide bonds. The SMILES string of the molecule is O=C1NCNc2ncncc21.O=c1c2c(Cl)cccc2nc(C2CCCN2)n1-c1ccccc1. The van der Waals surface area contributed by atoms with Gasteiger partial charge in [0.2, 0.25) is 0 Å². The first-order valence-electron chi connectivity index (χ1n) is 11.0. The Kier molecular flexibility index (Phi) is 6.20. The van der Waals surface area contributed by atoms with E-state index in [9.17, 15) is 9.59 Å². The van der Waals surface area contributed by atoms with E-state index in [0.29, 0.717) is 34.0 Å². The highest BCUT2D eigenvalue weighted by Crippen LogP contribution is 2.26. The number of benzene rings is 2. The first-order chi connectivity index (χ1) is 16.6. The Bertz CT molecular complexity index is 1400. The Morgan fingerprint density at radius 1 is 1.03 bits per heavy atom. The predicted octanol–water partition coefficient (Wildman–Crippen LogP) is 3.05. The second kappa shape index (κ2) is 9.58. The van der Waals surface area contributed by atoms with Crippen LogP contribution in [0.15, 0.2) is 65.8 Å². The van der Waals surface area contributed by atoms with E-state index in [1.807, 2.05) is 42.5 Å². The summed E-state index contributed by atoms with van der Waals surface area (Å²) in [7, 11) is 0. The van der Waals surface area contributed by atoms with Gasteiger partial charge < -0.3 is 16.0 Å². The summed E-state index contributed by atoms with van der Waals surface area (Å²) in [6.45, 7) is 1.38. The molecular weight excluding hydrogens is 454 g/mol. The van der Waals surface area contributed by atoms with Crippen molar-refractivity contribution < 1.29 is 4.79 Å². The molecule has 9 nitrogen and oxygen atoms in total. The van der Waals surface area contributed by atoms with Crippen molar-refractivity contribution >= 4 is 34.2 Å². The molecular formula is C24H22ClN7O2. The van der Waals surface area contributed by atoms with Crippen molar-refractivity contribution in [3.8, 4) is 5.69 Å². The van der Waals surface area contributed by atoms with Gasteiger partial charge >= 0.3 is 0 Å². The molecule has 2 aromatic carbocycles. The minimum absolute atomic E-state index is 0.0892. The van der Waals surface area contributed by atoms with Gasteiger partial charge in [-0.15, -0.1) is 0 Å². The Hall–Kier alpha value is -3.82. The lowest BCUT2D eigenvalue weighted by Gasteiger charge is -2.18. The number of aromatic nitrogens is 4. The molecule has 34 heavy (non-hydrogen) atoms. The molecule has 1 saturated heterocycles. The van der Waals surface area contributed by atoms with Gasteiger partial charge in [0, 0.05) is 6.20 Å². The molecule has 172 valence electrons. The van der Waals surface area contributed by atoms with E-state index in [1.165, 1.54) is 12.5 Å². The van der Waals surface area contributed by atoms with E-state index >= 15 is 0 Å². The third-order valence-electron chi connectivity index (χ3n) is 5.72. The van der Waals surface area contributed by atoms with E-state index in [-0.39, 0.29) is 17.5 Å². The number of hydrogen-bond acceptors (Lipinski definition) is 7. The summed E-state index contributed by atoms with van der Waals surface area (Å²) in [5.74, 6) is 1.23. The maximum atomic E-state index is 13.1. The summed E-state index contributed by atoms with van der Waals surface area (Å²) in [6.07, 6.45) is 4.96. The van der Waals surface area contributed by atoms with Crippen LogP contribution in [-0.4, -0.2) is 38.6 Å². The molecule has 0 bridgehead atoms. The highest BCUT2D eigenvalue weighted by atomic mass is 35.5. The Morgan fingerprint density at radius 3 is 2.65 bits per heavy atom. The van der Waals surface area contributed by atoms with Crippen LogP contribution in [0, 0.1) is 0 Å². The molecule has 1 fully saturated rings. The minimum Gasteiger partial charge on any atom is -0.352 e. The predicted molar refractivity (Wildman–Crippen MR) is 130 cm³/mol. The van der Waals surface area contributed by atoms with Gasteiger partial charge in [-0.3, -0.25) is 14.2 Å². The number of para-hydroxylation sites is 1. The van der Waals surface area contributed by atoms with Gasteiger partial charge in [-0.1, -0.05) is 35.9 Å². The highest BCUT2D eigenvalue weighted by molar-refractivity contribution is 6.35. The van der Waals surface area contributed by atoms with Crippen LogP contribution >= 0.6 is 11.6 Å². The lowest BCUT2D eigenvalue weighted by Crippen LogP contribution is -2.35. The van der Waals surface area contributed by atoms with Crippen LogP contribution in [0.2, 0.25) is 5.02 Å². The molecule has 4 aromatic rings. The van der Waals surface area contributed by atoms with Gasteiger partial charge in [0.05, 0.1) is 34.3 Å². The number of nitrogens with one attached hydrogen (secondary N) is 3. The van der Waals surface area contributed by atoms with Crippen LogP contribution in [0.4, 0.5) is 5.82 Å². The fraction of sp³-hybridized carbons (Fsp3) is 0.208. The van der Waals surface area contributed by atoms with E-state index in [0.717, 1.165) is 30.9 Å². The van der Waals surface area contributed by atoms with E-state index < -0.39 is 0 Å². The largest absolute Gasteiger partial charge is 0.352 e. The van der Waals surface area contributed by atoms with Crippen LogP contribution < -0.4 is 21.5 Å². The quantitative estimate of drug-likeness (QED) is 0.408. The molecule has 1 unspecified atom stereocenters. The van der Waals surface area contributed by atoms with Gasteiger partial charge in [0.25, 0.3) is 11.5 Å². The summed E-state index contributed by atoms with van der Waals surface area (Å²) in [5.41, 5.74) is 1.85. The van der Waals surface area contributed by atoms with Crippen LogP contribution in [-0.2, 0) is 0 Å². The molecule has 4 heterocycles. The van der Waals surface area contributed by atoms with E-state index in [2.05, 4.69) is 25.9 Å². The first-order valence-corrected chi connectivity index (χ1v) is 11.3. The molecule has 0 radical (unpaired) electrons. The molecule has 10 heteroatoms. The van der Waals surface area contributed by atoms with Gasteiger partial charge in [-0.05, 0) is 43.7 Å². The average molecular weight is 476 g/mol. The summed E-state index contributed by atoms with van der Waals surface area (Å²) < 4.78 is 1.69. The first kappa shape index (κ1) is 22.0. The van der Waals surface area contributed by atoms with Crippen molar-refractivity contribution in [2.24, 2.45) is 0 Å². The van der Waals surface area contributed by atoms with E-state index in [4.69, 9.17) is 16.6 Å². The number of carbonyl (C=O) groups is 1.